The molecule has 1 aromatic rings. The predicted octanol–water partition coefficient (Wildman–Crippen LogP) is 0.822. The van der Waals surface area contributed by atoms with Crippen molar-refractivity contribution in [2.24, 2.45) is 0 Å². The van der Waals surface area contributed by atoms with Gasteiger partial charge in [-0.25, -0.2) is 0 Å². The topological polar surface area (TPSA) is 81.8 Å². The second kappa shape index (κ2) is 7.98. The van der Waals surface area contributed by atoms with Gasteiger partial charge in [-0.3, -0.25) is 19.3 Å². The minimum absolute atomic E-state index is 0.0324. The first kappa shape index (κ1) is 18.4. The summed E-state index contributed by atoms with van der Waals surface area (Å²) in [6.07, 6.45) is 4.10. The molecule has 3 saturated heterocycles. The van der Waals surface area contributed by atoms with Crippen molar-refractivity contribution in [3.63, 3.8) is 0 Å². The Hall–Kier alpha value is -1.93. The van der Waals surface area contributed by atoms with Crippen molar-refractivity contribution in [2.75, 3.05) is 26.2 Å². The number of carbonyl (C=O) groups is 3. The fourth-order valence-corrected chi connectivity index (χ4v) is 5.05. The molecular formula is C19H26N4O3S. The van der Waals surface area contributed by atoms with Crippen molar-refractivity contribution < 1.29 is 14.4 Å². The summed E-state index contributed by atoms with van der Waals surface area (Å²) in [7, 11) is 0. The third-order valence-corrected chi connectivity index (χ3v) is 6.72. The van der Waals surface area contributed by atoms with Crippen LogP contribution < -0.4 is 10.6 Å². The van der Waals surface area contributed by atoms with Crippen LogP contribution >= 0.6 is 11.3 Å². The maximum atomic E-state index is 12.3. The third-order valence-electron chi connectivity index (χ3n) is 5.85. The molecule has 8 heteroatoms. The summed E-state index contributed by atoms with van der Waals surface area (Å²) < 4.78 is 0. The molecule has 4 rings (SSSR count). The minimum Gasteiger partial charge on any atom is -0.353 e. The number of nitrogens with one attached hydrogen (secondary N) is 2. The molecule has 0 unspecified atom stereocenters. The van der Waals surface area contributed by atoms with E-state index in [1.165, 1.54) is 11.3 Å². The number of nitrogens with zero attached hydrogens (tertiary/aromatic N) is 2. The van der Waals surface area contributed by atoms with Gasteiger partial charge in [0.25, 0.3) is 5.91 Å². The van der Waals surface area contributed by atoms with Crippen LogP contribution in [0.25, 0.3) is 0 Å². The number of hydrogen-bond acceptors (Lipinski definition) is 5. The molecule has 27 heavy (non-hydrogen) atoms. The Bertz CT molecular complexity index is 702. The molecule has 1 aromatic heterocycles. The van der Waals surface area contributed by atoms with Crippen LogP contribution in [0.3, 0.4) is 0 Å². The zero-order valence-electron chi connectivity index (χ0n) is 15.4. The van der Waals surface area contributed by atoms with E-state index in [1.54, 1.807) is 0 Å². The van der Waals surface area contributed by atoms with Crippen LogP contribution in [0.4, 0.5) is 0 Å². The first-order valence-corrected chi connectivity index (χ1v) is 10.7. The first-order valence-electron chi connectivity index (χ1n) is 9.77. The van der Waals surface area contributed by atoms with E-state index in [-0.39, 0.29) is 35.8 Å². The molecule has 7 nitrogen and oxygen atoms in total. The van der Waals surface area contributed by atoms with E-state index in [0.29, 0.717) is 30.8 Å². The summed E-state index contributed by atoms with van der Waals surface area (Å²) in [6, 6.07) is 3.58. The number of likely N-dealkylation sites (tertiary alicyclic amines) is 1. The highest BCUT2D eigenvalue weighted by Crippen LogP contribution is 2.26. The van der Waals surface area contributed by atoms with Crippen LogP contribution in [-0.4, -0.2) is 71.8 Å². The summed E-state index contributed by atoms with van der Waals surface area (Å²) in [5.41, 5.74) is 0. The largest absolute Gasteiger partial charge is 0.353 e. The van der Waals surface area contributed by atoms with E-state index < -0.39 is 0 Å². The smallest absolute Gasteiger partial charge is 0.261 e. The van der Waals surface area contributed by atoms with Crippen molar-refractivity contribution in [2.45, 2.75) is 50.2 Å². The van der Waals surface area contributed by atoms with E-state index in [9.17, 15) is 14.4 Å². The lowest BCUT2D eigenvalue weighted by Crippen LogP contribution is -2.58. The van der Waals surface area contributed by atoms with Gasteiger partial charge >= 0.3 is 0 Å². The average molecular weight is 391 g/mol. The number of amides is 3. The Morgan fingerprint density at radius 1 is 1.30 bits per heavy atom. The van der Waals surface area contributed by atoms with Gasteiger partial charge in [-0.05, 0) is 37.1 Å². The van der Waals surface area contributed by atoms with Gasteiger partial charge < -0.3 is 15.5 Å². The van der Waals surface area contributed by atoms with Crippen LogP contribution in [0.5, 0.6) is 0 Å². The van der Waals surface area contributed by atoms with Crippen molar-refractivity contribution in [1.82, 2.24) is 20.4 Å². The summed E-state index contributed by atoms with van der Waals surface area (Å²) in [5.74, 6) is 0.184. The standard InChI is InChI=1S/C19H26N4O3S/c24-17(22-7-1-2-8-22)6-5-14-11-20-18(25)15-10-13(12-23(14)15)21-19(26)16-4-3-9-27-16/h3-4,9,13-15H,1-2,5-8,10-12H2,(H,20,25)(H,21,26)/t13-,14+,15-/m0/s1. The fourth-order valence-electron chi connectivity index (χ4n) is 4.43. The average Bonchev–Trinajstić information content (AvgIpc) is 3.40. The fraction of sp³-hybridized carbons (Fsp3) is 0.632. The first-order chi connectivity index (χ1) is 13.1. The minimum atomic E-state index is -0.209. The molecule has 0 radical (unpaired) electrons. The number of hydrogen-bond donors (Lipinski definition) is 2. The lowest BCUT2D eigenvalue weighted by atomic mass is 10.0. The quantitative estimate of drug-likeness (QED) is 0.780. The van der Waals surface area contributed by atoms with Crippen molar-refractivity contribution >= 4 is 29.1 Å². The highest BCUT2D eigenvalue weighted by atomic mass is 32.1. The maximum Gasteiger partial charge on any atom is 0.261 e. The normalized spacial score (nSPS) is 28.1. The lowest BCUT2D eigenvalue weighted by molar-refractivity contribution is -0.131. The van der Waals surface area contributed by atoms with Gasteiger partial charge in [-0.15, -0.1) is 11.3 Å². The lowest BCUT2D eigenvalue weighted by Gasteiger charge is -2.37. The van der Waals surface area contributed by atoms with Gasteiger partial charge in [0.2, 0.25) is 11.8 Å². The van der Waals surface area contributed by atoms with Gasteiger partial charge in [-0.2, -0.15) is 0 Å². The van der Waals surface area contributed by atoms with Crippen LogP contribution in [-0.2, 0) is 9.59 Å². The second-order valence-corrected chi connectivity index (χ2v) is 8.57. The van der Waals surface area contributed by atoms with E-state index in [4.69, 9.17) is 0 Å². The van der Waals surface area contributed by atoms with Gasteiger partial charge in [0, 0.05) is 44.7 Å². The van der Waals surface area contributed by atoms with Crippen LogP contribution in [0.2, 0.25) is 0 Å². The van der Waals surface area contributed by atoms with Crippen molar-refractivity contribution in [1.29, 1.82) is 0 Å². The van der Waals surface area contributed by atoms with Crippen LogP contribution in [0.15, 0.2) is 17.5 Å². The Labute approximate surface area is 163 Å². The number of fused-ring (bicyclic) bond motifs is 1. The van der Waals surface area contributed by atoms with Gasteiger partial charge in [0.05, 0.1) is 10.9 Å². The SMILES string of the molecule is O=C(N[C@H]1C[C@H]2C(=O)NC[C@@H](CCC(=O)N3CCCC3)N2C1)c1cccs1. The van der Waals surface area contributed by atoms with Crippen LogP contribution in [0.1, 0.15) is 41.8 Å². The molecule has 0 bridgehead atoms. The van der Waals surface area contributed by atoms with E-state index in [2.05, 4.69) is 15.5 Å². The molecule has 0 aromatic carbocycles. The predicted molar refractivity (Wildman–Crippen MR) is 103 cm³/mol. The Kier molecular flexibility index (Phi) is 5.45. The molecule has 0 spiro atoms. The molecule has 3 aliphatic heterocycles. The van der Waals surface area contributed by atoms with Crippen LogP contribution in [0, 0.1) is 0 Å². The highest BCUT2D eigenvalue weighted by Gasteiger charge is 2.43. The summed E-state index contributed by atoms with van der Waals surface area (Å²) in [6.45, 7) is 3.00. The zero-order chi connectivity index (χ0) is 18.8. The molecule has 146 valence electrons. The van der Waals surface area contributed by atoms with Gasteiger partial charge in [-0.1, -0.05) is 6.07 Å². The zero-order valence-corrected chi connectivity index (χ0v) is 16.2. The van der Waals surface area contributed by atoms with Gasteiger partial charge in [0.15, 0.2) is 0 Å². The molecule has 3 aliphatic rings. The molecule has 3 fully saturated rings. The molecule has 4 heterocycles. The Morgan fingerprint density at radius 3 is 2.85 bits per heavy atom. The molecule has 3 atom stereocenters. The molecule has 0 aliphatic carbocycles. The Balaban J connectivity index is 1.34. The molecule has 2 N–H and O–H groups in total. The molecular weight excluding hydrogens is 364 g/mol. The van der Waals surface area contributed by atoms with E-state index in [1.807, 2.05) is 22.4 Å². The Morgan fingerprint density at radius 2 is 2.11 bits per heavy atom. The second-order valence-electron chi connectivity index (χ2n) is 7.62. The molecule has 3 amide bonds. The number of carbonyl (C=O) groups excluding carboxylic acids is 3. The summed E-state index contributed by atoms with van der Waals surface area (Å²) in [4.78, 5) is 41.8. The summed E-state index contributed by atoms with van der Waals surface area (Å²) >= 11 is 1.42. The number of piperazine rings is 1. The van der Waals surface area contributed by atoms with E-state index >= 15 is 0 Å². The molecule has 0 saturated carbocycles. The third kappa shape index (κ3) is 4.01. The van der Waals surface area contributed by atoms with Crippen molar-refractivity contribution in [3.8, 4) is 0 Å². The monoisotopic (exact) mass is 390 g/mol. The number of rotatable bonds is 5. The van der Waals surface area contributed by atoms with Gasteiger partial charge in [0.1, 0.15) is 0 Å². The number of thiophene rings is 1. The maximum absolute atomic E-state index is 12.3. The highest BCUT2D eigenvalue weighted by molar-refractivity contribution is 7.12. The van der Waals surface area contributed by atoms with Crippen molar-refractivity contribution in [3.05, 3.63) is 22.4 Å². The summed E-state index contributed by atoms with van der Waals surface area (Å²) in [5, 5.41) is 7.93. The van der Waals surface area contributed by atoms with E-state index in [0.717, 1.165) is 32.4 Å².